The molecule has 1 unspecified atom stereocenters. The first-order valence-electron chi connectivity index (χ1n) is 2.63. The Morgan fingerprint density at radius 3 is 2.62 bits per heavy atom. The molecule has 0 aromatic rings. The van der Waals surface area contributed by atoms with E-state index >= 15 is 0 Å². The van der Waals surface area contributed by atoms with Gasteiger partial charge in [0.2, 0.25) is 0 Å². The first kappa shape index (κ1) is 7.88. The number of ether oxygens (including phenoxy) is 2. The van der Waals surface area contributed by atoms with E-state index in [0.717, 1.165) is 6.42 Å². The highest BCUT2D eigenvalue weighted by Crippen LogP contribution is 1.87. The summed E-state index contributed by atoms with van der Waals surface area (Å²) in [5.74, 6) is 0. The summed E-state index contributed by atoms with van der Waals surface area (Å²) in [7, 11) is 1.39. The van der Waals surface area contributed by atoms with Gasteiger partial charge in [-0.25, -0.2) is 0 Å². The minimum absolute atomic E-state index is 0.537. The van der Waals surface area contributed by atoms with Crippen molar-refractivity contribution >= 4 is 0 Å². The summed E-state index contributed by atoms with van der Waals surface area (Å²) < 4.78 is 9.06. The molecule has 0 aromatic carbocycles. The minimum atomic E-state index is -1.05. The summed E-state index contributed by atoms with van der Waals surface area (Å²) in [6, 6.07) is 0. The predicted molar refractivity (Wildman–Crippen MR) is 29.3 cm³/mol. The fourth-order valence-corrected chi connectivity index (χ4v) is 0.287. The van der Waals surface area contributed by atoms with E-state index in [9.17, 15) is 0 Å². The lowest BCUT2D eigenvalue weighted by molar-refractivity contribution is -0.249. The SMILES string of the molecule is CCCOC(O)OC. The van der Waals surface area contributed by atoms with Crippen LogP contribution >= 0.6 is 0 Å². The van der Waals surface area contributed by atoms with E-state index in [1.807, 2.05) is 6.92 Å². The molecule has 0 bridgehead atoms. The molecule has 1 atom stereocenters. The number of hydrogen-bond acceptors (Lipinski definition) is 3. The summed E-state index contributed by atoms with van der Waals surface area (Å²) in [6.45, 7) is 1.45. The molecule has 0 radical (unpaired) electrons. The van der Waals surface area contributed by atoms with Gasteiger partial charge in [-0.05, 0) is 6.42 Å². The molecule has 0 fully saturated rings. The van der Waals surface area contributed by atoms with Gasteiger partial charge in [-0.3, -0.25) is 0 Å². The van der Waals surface area contributed by atoms with E-state index in [4.69, 9.17) is 5.11 Å². The monoisotopic (exact) mass is 120 g/mol. The van der Waals surface area contributed by atoms with Crippen LogP contribution in [0.2, 0.25) is 0 Å². The Kier molecular flexibility index (Phi) is 4.95. The average molecular weight is 120 g/mol. The molecule has 8 heavy (non-hydrogen) atoms. The molecule has 0 aliphatic rings. The lowest BCUT2D eigenvalue weighted by Crippen LogP contribution is -2.13. The van der Waals surface area contributed by atoms with E-state index in [2.05, 4.69) is 9.47 Å². The van der Waals surface area contributed by atoms with Crippen molar-refractivity contribution in [1.82, 2.24) is 0 Å². The van der Waals surface area contributed by atoms with E-state index in [1.54, 1.807) is 0 Å². The minimum Gasteiger partial charge on any atom is -0.346 e. The first-order chi connectivity index (χ1) is 3.81. The fraction of sp³-hybridized carbons (Fsp3) is 1.00. The van der Waals surface area contributed by atoms with Crippen molar-refractivity contribution < 1.29 is 14.6 Å². The number of hydrogen-bond donors (Lipinski definition) is 1. The van der Waals surface area contributed by atoms with Crippen LogP contribution in [0.3, 0.4) is 0 Å². The highest BCUT2D eigenvalue weighted by molar-refractivity contribution is 4.21. The zero-order valence-electron chi connectivity index (χ0n) is 5.26. The van der Waals surface area contributed by atoms with Crippen molar-refractivity contribution in [3.8, 4) is 0 Å². The molecule has 1 N–H and O–H groups in total. The maximum atomic E-state index is 8.54. The van der Waals surface area contributed by atoms with Crippen molar-refractivity contribution in [1.29, 1.82) is 0 Å². The lowest BCUT2D eigenvalue weighted by Gasteiger charge is -2.06. The van der Waals surface area contributed by atoms with E-state index in [0.29, 0.717) is 6.61 Å². The Morgan fingerprint density at radius 2 is 2.25 bits per heavy atom. The standard InChI is InChI=1S/C5H12O3/c1-3-4-8-5(6)7-2/h5-6H,3-4H2,1-2H3. The number of rotatable bonds is 4. The topological polar surface area (TPSA) is 38.7 Å². The van der Waals surface area contributed by atoms with Gasteiger partial charge in [0, 0.05) is 7.11 Å². The van der Waals surface area contributed by atoms with E-state index in [-0.39, 0.29) is 0 Å². The highest BCUT2D eigenvalue weighted by Gasteiger charge is 1.96. The molecule has 0 aliphatic carbocycles. The third-order valence-corrected chi connectivity index (χ3v) is 0.666. The molecule has 0 amide bonds. The zero-order valence-corrected chi connectivity index (χ0v) is 5.26. The van der Waals surface area contributed by atoms with Crippen LogP contribution in [-0.4, -0.2) is 25.3 Å². The van der Waals surface area contributed by atoms with Crippen molar-refractivity contribution in [3.63, 3.8) is 0 Å². The fourth-order valence-electron chi connectivity index (χ4n) is 0.287. The zero-order chi connectivity index (χ0) is 6.41. The molecule has 0 spiro atoms. The molecule has 3 heteroatoms. The van der Waals surface area contributed by atoms with Gasteiger partial charge in [-0.1, -0.05) is 6.92 Å². The molecule has 3 nitrogen and oxygen atoms in total. The summed E-state index contributed by atoms with van der Waals surface area (Å²) in [4.78, 5) is 0. The Balaban J connectivity index is 2.86. The summed E-state index contributed by atoms with van der Waals surface area (Å²) in [6.07, 6.45) is 0.889. The molecule has 0 saturated carbocycles. The van der Waals surface area contributed by atoms with E-state index < -0.39 is 6.48 Å². The number of aliphatic hydroxyl groups excluding tert-OH is 1. The van der Waals surface area contributed by atoms with Crippen LogP contribution in [0.5, 0.6) is 0 Å². The van der Waals surface area contributed by atoms with Crippen LogP contribution in [-0.2, 0) is 9.47 Å². The molecular weight excluding hydrogens is 108 g/mol. The van der Waals surface area contributed by atoms with Crippen molar-refractivity contribution in [2.75, 3.05) is 13.7 Å². The molecular formula is C5H12O3. The van der Waals surface area contributed by atoms with Crippen molar-refractivity contribution in [3.05, 3.63) is 0 Å². The van der Waals surface area contributed by atoms with Gasteiger partial charge in [0.1, 0.15) is 0 Å². The Bertz CT molecular complexity index is 46.9. The van der Waals surface area contributed by atoms with Gasteiger partial charge in [0.05, 0.1) is 6.61 Å². The molecule has 0 rings (SSSR count). The van der Waals surface area contributed by atoms with Crippen LogP contribution < -0.4 is 0 Å². The normalized spacial score (nSPS) is 13.9. The van der Waals surface area contributed by atoms with Gasteiger partial charge in [0.15, 0.2) is 0 Å². The van der Waals surface area contributed by atoms with Crippen molar-refractivity contribution in [2.45, 2.75) is 19.8 Å². The third-order valence-electron chi connectivity index (χ3n) is 0.666. The van der Waals surface area contributed by atoms with E-state index in [1.165, 1.54) is 7.11 Å². The second-order valence-corrected chi connectivity index (χ2v) is 1.41. The van der Waals surface area contributed by atoms with Gasteiger partial charge in [0.25, 0.3) is 6.48 Å². The van der Waals surface area contributed by atoms with Crippen LogP contribution in [0.25, 0.3) is 0 Å². The second-order valence-electron chi connectivity index (χ2n) is 1.41. The lowest BCUT2D eigenvalue weighted by atomic mass is 10.5. The Hall–Kier alpha value is -0.120. The molecule has 0 saturated heterocycles. The molecule has 0 heterocycles. The van der Waals surface area contributed by atoms with Gasteiger partial charge in [-0.15, -0.1) is 0 Å². The Labute approximate surface area is 49.2 Å². The molecule has 0 aliphatic heterocycles. The average Bonchev–Trinajstić information content (AvgIpc) is 1.83. The maximum absolute atomic E-state index is 8.54. The number of methoxy groups -OCH3 is 1. The van der Waals surface area contributed by atoms with Crippen LogP contribution in [0.15, 0.2) is 0 Å². The molecule has 50 valence electrons. The smallest absolute Gasteiger partial charge is 0.268 e. The number of aliphatic hydroxyl groups is 1. The third kappa shape index (κ3) is 4.05. The van der Waals surface area contributed by atoms with Crippen LogP contribution in [0.4, 0.5) is 0 Å². The summed E-state index contributed by atoms with van der Waals surface area (Å²) in [5, 5.41) is 8.54. The second kappa shape index (κ2) is 5.03. The summed E-state index contributed by atoms with van der Waals surface area (Å²) >= 11 is 0. The van der Waals surface area contributed by atoms with Gasteiger partial charge < -0.3 is 14.6 Å². The van der Waals surface area contributed by atoms with Gasteiger partial charge in [-0.2, -0.15) is 0 Å². The quantitative estimate of drug-likeness (QED) is 0.543. The highest BCUT2D eigenvalue weighted by atomic mass is 16.8. The maximum Gasteiger partial charge on any atom is 0.268 e. The van der Waals surface area contributed by atoms with Gasteiger partial charge >= 0.3 is 0 Å². The van der Waals surface area contributed by atoms with Crippen LogP contribution in [0, 0.1) is 0 Å². The first-order valence-corrected chi connectivity index (χ1v) is 2.63. The predicted octanol–water partition coefficient (Wildman–Crippen LogP) is 0.335. The summed E-state index contributed by atoms with van der Waals surface area (Å²) in [5.41, 5.74) is 0. The Morgan fingerprint density at radius 1 is 1.62 bits per heavy atom. The largest absolute Gasteiger partial charge is 0.346 e. The molecule has 0 aromatic heterocycles. The van der Waals surface area contributed by atoms with Crippen LogP contribution in [0.1, 0.15) is 13.3 Å². The van der Waals surface area contributed by atoms with Crippen molar-refractivity contribution in [2.24, 2.45) is 0 Å².